The van der Waals surface area contributed by atoms with Crippen molar-refractivity contribution in [3.63, 3.8) is 0 Å². The second-order valence-corrected chi connectivity index (χ2v) is 17.5. The van der Waals surface area contributed by atoms with E-state index < -0.39 is 18.4 Å². The number of carbonyl (C=O) groups excluding carboxylic acids is 2. The molecule has 0 aromatic heterocycles. The van der Waals surface area contributed by atoms with Crippen LogP contribution in [0.4, 0.5) is 0 Å². The minimum atomic E-state index is -3.13. The van der Waals surface area contributed by atoms with Gasteiger partial charge in [-0.15, -0.1) is 0 Å². The predicted octanol–water partition coefficient (Wildman–Crippen LogP) is 1.71. The SMILES string of the molecule is C[CH2][Sn]([CH2]C(=O)OC)([CH2]C(=O)OC)[c]1ccccc1. The van der Waals surface area contributed by atoms with Gasteiger partial charge in [0.1, 0.15) is 0 Å². The number of ether oxygens (including phenoxy) is 2. The molecule has 0 heterocycles. The zero-order chi connectivity index (χ0) is 14.3. The zero-order valence-corrected chi connectivity index (χ0v) is 14.5. The van der Waals surface area contributed by atoms with Crippen molar-refractivity contribution in [2.24, 2.45) is 0 Å². The normalized spacial score (nSPS) is 10.9. The molecule has 104 valence electrons. The molecule has 1 aromatic rings. The number of rotatable bonds is 6. The first-order valence-electron chi connectivity index (χ1n) is 6.27. The van der Waals surface area contributed by atoms with E-state index in [2.05, 4.69) is 6.92 Å². The molecule has 0 amide bonds. The van der Waals surface area contributed by atoms with E-state index >= 15 is 0 Å². The van der Waals surface area contributed by atoms with Gasteiger partial charge in [0, 0.05) is 0 Å². The Morgan fingerprint density at radius 1 is 1.00 bits per heavy atom. The molecule has 0 fully saturated rings. The van der Waals surface area contributed by atoms with E-state index in [1.165, 1.54) is 14.2 Å². The van der Waals surface area contributed by atoms with Crippen LogP contribution in [-0.2, 0) is 19.1 Å². The summed E-state index contributed by atoms with van der Waals surface area (Å²) in [7, 11) is 2.77. The fourth-order valence-corrected chi connectivity index (χ4v) is 12.9. The zero-order valence-electron chi connectivity index (χ0n) is 11.6. The first-order chi connectivity index (χ1) is 9.07. The third-order valence-electron chi connectivity index (χ3n) is 3.48. The van der Waals surface area contributed by atoms with Crippen LogP contribution >= 0.6 is 0 Å². The average molecular weight is 371 g/mol. The molecule has 0 bridgehead atoms. The maximum atomic E-state index is 11.7. The summed E-state index contributed by atoms with van der Waals surface area (Å²) in [6.07, 6.45) is 0. The summed E-state index contributed by atoms with van der Waals surface area (Å²) in [6.45, 7) is 2.05. The summed E-state index contributed by atoms with van der Waals surface area (Å²) in [5.74, 6) is -0.462. The Bertz CT molecular complexity index is 412. The maximum absolute atomic E-state index is 11.7. The molecule has 5 heteroatoms. The number of hydrogen-bond acceptors (Lipinski definition) is 4. The number of carbonyl (C=O) groups is 2. The summed E-state index contributed by atoms with van der Waals surface area (Å²) in [4.78, 5) is 23.4. The third-order valence-corrected chi connectivity index (χ3v) is 17.3. The van der Waals surface area contributed by atoms with Gasteiger partial charge < -0.3 is 0 Å². The molecule has 0 unspecified atom stereocenters. The van der Waals surface area contributed by atoms with E-state index in [4.69, 9.17) is 9.47 Å². The molecule has 0 aliphatic carbocycles. The van der Waals surface area contributed by atoms with Gasteiger partial charge >= 0.3 is 118 Å². The fraction of sp³-hybridized carbons (Fsp3) is 0.429. The molecule has 19 heavy (non-hydrogen) atoms. The summed E-state index contributed by atoms with van der Waals surface area (Å²) in [6, 6.07) is 9.87. The van der Waals surface area contributed by atoms with Crippen molar-refractivity contribution < 1.29 is 19.1 Å². The second-order valence-electron chi connectivity index (χ2n) is 4.51. The molecule has 0 N–H and O–H groups in total. The predicted molar refractivity (Wildman–Crippen MR) is 76.0 cm³/mol. The van der Waals surface area contributed by atoms with E-state index in [9.17, 15) is 9.59 Å². The molecule has 0 aliphatic heterocycles. The first kappa shape index (κ1) is 16.0. The summed E-state index contributed by atoms with van der Waals surface area (Å²) >= 11 is -3.13. The van der Waals surface area contributed by atoms with Gasteiger partial charge in [0.05, 0.1) is 0 Å². The Morgan fingerprint density at radius 2 is 1.47 bits per heavy atom. The van der Waals surface area contributed by atoms with Crippen LogP contribution in [0.15, 0.2) is 30.3 Å². The standard InChI is InChI=1S/C6H5.2C3H5O2.C2H5.Sn/c1-2-4-6-5-3-1;2*1-3(4)5-2;1-2;/h1-5H;2*1H2,2H3;1H2,2H3;. The Balaban J connectivity index is 3.13. The van der Waals surface area contributed by atoms with Crippen molar-refractivity contribution in [3.05, 3.63) is 30.3 Å². The number of hydrogen-bond donors (Lipinski definition) is 0. The molecule has 0 saturated carbocycles. The van der Waals surface area contributed by atoms with Gasteiger partial charge in [0.25, 0.3) is 0 Å². The van der Waals surface area contributed by atoms with Crippen LogP contribution in [0, 0.1) is 0 Å². The number of benzene rings is 1. The van der Waals surface area contributed by atoms with Crippen LogP contribution in [0.3, 0.4) is 0 Å². The molecule has 0 aliphatic rings. The quantitative estimate of drug-likeness (QED) is 0.565. The van der Waals surface area contributed by atoms with Gasteiger partial charge in [-0.2, -0.15) is 0 Å². The Labute approximate surface area is 118 Å². The van der Waals surface area contributed by atoms with E-state index in [0.717, 1.165) is 8.02 Å². The van der Waals surface area contributed by atoms with E-state index in [0.29, 0.717) is 8.87 Å². The van der Waals surface area contributed by atoms with Crippen molar-refractivity contribution in [2.75, 3.05) is 14.2 Å². The van der Waals surface area contributed by atoms with Crippen LogP contribution in [0.1, 0.15) is 6.92 Å². The Kier molecular flexibility index (Phi) is 6.34. The van der Waals surface area contributed by atoms with Crippen molar-refractivity contribution in [1.82, 2.24) is 0 Å². The Morgan fingerprint density at radius 3 is 1.84 bits per heavy atom. The second kappa shape index (κ2) is 7.52. The van der Waals surface area contributed by atoms with Crippen molar-refractivity contribution in [3.8, 4) is 0 Å². The van der Waals surface area contributed by atoms with Gasteiger partial charge in [-0.1, -0.05) is 0 Å². The molecule has 4 nitrogen and oxygen atoms in total. The monoisotopic (exact) mass is 372 g/mol. The molecular weight excluding hydrogens is 351 g/mol. The summed E-state index contributed by atoms with van der Waals surface area (Å²) in [5.41, 5.74) is 0. The molecule has 1 aromatic carbocycles. The van der Waals surface area contributed by atoms with Crippen LogP contribution < -0.4 is 3.58 Å². The topological polar surface area (TPSA) is 52.6 Å². The summed E-state index contributed by atoms with van der Waals surface area (Å²) < 4.78 is 12.4. The molecule has 0 atom stereocenters. The molecule has 1 rings (SSSR count). The minimum absolute atomic E-state index is 0.231. The van der Waals surface area contributed by atoms with Gasteiger partial charge in [0.15, 0.2) is 0 Å². The van der Waals surface area contributed by atoms with Crippen molar-refractivity contribution >= 4 is 33.9 Å². The van der Waals surface area contributed by atoms with Crippen LogP contribution in [-0.4, -0.2) is 44.5 Å². The molecule has 0 spiro atoms. The van der Waals surface area contributed by atoms with Gasteiger partial charge in [-0.05, 0) is 0 Å². The van der Waals surface area contributed by atoms with Crippen LogP contribution in [0.25, 0.3) is 0 Å². The van der Waals surface area contributed by atoms with Crippen molar-refractivity contribution in [2.45, 2.75) is 20.2 Å². The number of methoxy groups -OCH3 is 2. The van der Waals surface area contributed by atoms with Gasteiger partial charge in [0.2, 0.25) is 0 Å². The van der Waals surface area contributed by atoms with Gasteiger partial charge in [-0.3, -0.25) is 0 Å². The summed E-state index contributed by atoms with van der Waals surface area (Å²) in [5, 5.41) is 0. The van der Waals surface area contributed by atoms with Gasteiger partial charge in [-0.25, -0.2) is 0 Å². The fourth-order valence-electron chi connectivity index (χ4n) is 2.21. The average Bonchev–Trinajstić information content (AvgIpc) is 2.46. The Hall–Kier alpha value is -1.04. The van der Waals surface area contributed by atoms with E-state index in [1.54, 1.807) is 0 Å². The van der Waals surface area contributed by atoms with E-state index in [-0.39, 0.29) is 11.9 Å². The first-order valence-corrected chi connectivity index (χ1v) is 13.8. The molecular formula is C14H20O4Sn. The van der Waals surface area contributed by atoms with Crippen molar-refractivity contribution in [1.29, 1.82) is 0 Å². The van der Waals surface area contributed by atoms with Crippen LogP contribution in [0.5, 0.6) is 0 Å². The van der Waals surface area contributed by atoms with E-state index in [1.807, 2.05) is 30.3 Å². The number of esters is 2. The third kappa shape index (κ3) is 4.23. The van der Waals surface area contributed by atoms with Crippen LogP contribution in [0.2, 0.25) is 13.3 Å². The molecule has 0 saturated heterocycles. The molecule has 0 radical (unpaired) electrons.